The third kappa shape index (κ3) is 6.01. The lowest BCUT2D eigenvalue weighted by atomic mass is 10.00. The number of aliphatic imine (C=N–C) groups is 1. The van der Waals surface area contributed by atoms with Crippen molar-refractivity contribution in [2.75, 3.05) is 13.1 Å². The molecule has 0 radical (unpaired) electrons. The van der Waals surface area contributed by atoms with Gasteiger partial charge in [-0.1, -0.05) is 13.8 Å². The molecule has 4 N–H and O–H groups in total. The number of halogens is 1. The van der Waals surface area contributed by atoms with Crippen LogP contribution in [0.1, 0.15) is 26.3 Å². The largest absolute Gasteiger partial charge is 0.383 e. The molecule has 0 saturated heterocycles. The van der Waals surface area contributed by atoms with E-state index in [0.717, 1.165) is 12.1 Å². The zero-order valence-corrected chi connectivity index (χ0v) is 14.2. The third-order valence-corrected chi connectivity index (χ3v) is 3.08. The van der Waals surface area contributed by atoms with Crippen LogP contribution in [0.15, 0.2) is 21.8 Å². The van der Waals surface area contributed by atoms with Crippen LogP contribution in [0.5, 0.6) is 0 Å². The Kier molecular flexibility index (Phi) is 7.81. The lowest BCUT2D eigenvalue weighted by Gasteiger charge is -2.20. The SMILES string of the molecule is CC(C)CNC(N)=NCC(C)(O)c1ccsc1.I. The van der Waals surface area contributed by atoms with Gasteiger partial charge in [-0.2, -0.15) is 11.3 Å². The normalized spacial score (nSPS) is 15.1. The highest BCUT2D eigenvalue weighted by Gasteiger charge is 2.22. The number of hydrogen-bond donors (Lipinski definition) is 3. The molecule has 0 aromatic carbocycles. The molecule has 1 aromatic rings. The molecule has 1 atom stereocenters. The minimum Gasteiger partial charge on any atom is -0.383 e. The van der Waals surface area contributed by atoms with Crippen LogP contribution in [0, 0.1) is 5.92 Å². The van der Waals surface area contributed by atoms with Gasteiger partial charge < -0.3 is 16.2 Å². The van der Waals surface area contributed by atoms with E-state index in [4.69, 9.17) is 5.73 Å². The van der Waals surface area contributed by atoms with E-state index in [0.29, 0.717) is 11.9 Å². The fourth-order valence-corrected chi connectivity index (χ4v) is 2.05. The second-order valence-corrected chi connectivity index (χ2v) is 5.54. The molecule has 0 aliphatic carbocycles. The zero-order chi connectivity index (χ0) is 12.9. The van der Waals surface area contributed by atoms with E-state index < -0.39 is 5.60 Å². The first-order chi connectivity index (χ1) is 7.92. The number of hydrogen-bond acceptors (Lipinski definition) is 3. The molecule has 18 heavy (non-hydrogen) atoms. The molecule has 4 nitrogen and oxygen atoms in total. The first kappa shape index (κ1) is 17.7. The van der Waals surface area contributed by atoms with Crippen molar-refractivity contribution in [2.24, 2.45) is 16.6 Å². The summed E-state index contributed by atoms with van der Waals surface area (Å²) >= 11 is 1.56. The molecule has 0 fully saturated rings. The quantitative estimate of drug-likeness (QED) is 0.415. The zero-order valence-electron chi connectivity index (χ0n) is 11.0. The van der Waals surface area contributed by atoms with Crippen molar-refractivity contribution in [3.05, 3.63) is 22.4 Å². The number of nitrogens with two attached hydrogens (primary N) is 1. The van der Waals surface area contributed by atoms with Gasteiger partial charge in [0.05, 0.1) is 6.54 Å². The van der Waals surface area contributed by atoms with Crippen LogP contribution in [0.4, 0.5) is 0 Å². The van der Waals surface area contributed by atoms with Gasteiger partial charge in [0.25, 0.3) is 0 Å². The average Bonchev–Trinajstić information content (AvgIpc) is 2.77. The van der Waals surface area contributed by atoms with Crippen molar-refractivity contribution in [3.8, 4) is 0 Å². The molecule has 1 rings (SSSR count). The van der Waals surface area contributed by atoms with Crippen LogP contribution in [0.25, 0.3) is 0 Å². The average molecular weight is 383 g/mol. The van der Waals surface area contributed by atoms with E-state index in [2.05, 4.69) is 24.2 Å². The van der Waals surface area contributed by atoms with Gasteiger partial charge in [-0.25, -0.2) is 0 Å². The van der Waals surface area contributed by atoms with Crippen molar-refractivity contribution in [2.45, 2.75) is 26.4 Å². The Morgan fingerprint density at radius 2 is 2.28 bits per heavy atom. The van der Waals surface area contributed by atoms with Crippen LogP contribution >= 0.6 is 35.3 Å². The number of thiophene rings is 1. The van der Waals surface area contributed by atoms with E-state index in [9.17, 15) is 5.11 Å². The molecule has 0 saturated carbocycles. The molecule has 0 aliphatic heterocycles. The fraction of sp³-hybridized carbons (Fsp3) is 0.583. The molecular formula is C12H22IN3OS. The molecule has 0 amide bonds. The molecule has 1 heterocycles. The van der Waals surface area contributed by atoms with E-state index >= 15 is 0 Å². The van der Waals surface area contributed by atoms with Crippen LogP contribution in [-0.2, 0) is 5.60 Å². The van der Waals surface area contributed by atoms with Crippen molar-refractivity contribution >= 4 is 41.3 Å². The van der Waals surface area contributed by atoms with Gasteiger partial charge in [0, 0.05) is 6.54 Å². The Labute approximate surface area is 130 Å². The summed E-state index contributed by atoms with van der Waals surface area (Å²) in [5.74, 6) is 0.898. The van der Waals surface area contributed by atoms with Gasteiger partial charge in [0.1, 0.15) is 5.60 Å². The van der Waals surface area contributed by atoms with Crippen molar-refractivity contribution in [3.63, 3.8) is 0 Å². The topological polar surface area (TPSA) is 70.6 Å². The minimum absolute atomic E-state index is 0. The van der Waals surface area contributed by atoms with Gasteiger partial charge in [-0.3, -0.25) is 4.99 Å². The lowest BCUT2D eigenvalue weighted by Crippen LogP contribution is -2.36. The standard InChI is InChI=1S/C12H21N3OS.HI/c1-9(2)6-14-11(13)15-8-12(3,16)10-4-5-17-7-10;/h4-5,7,9,16H,6,8H2,1-3H3,(H3,13,14,15);1H. The van der Waals surface area contributed by atoms with Gasteiger partial charge in [0.2, 0.25) is 0 Å². The monoisotopic (exact) mass is 383 g/mol. The number of guanidine groups is 1. The summed E-state index contributed by atoms with van der Waals surface area (Å²) in [5, 5.41) is 17.1. The number of nitrogens with one attached hydrogen (secondary N) is 1. The van der Waals surface area contributed by atoms with E-state index in [1.807, 2.05) is 16.8 Å². The third-order valence-electron chi connectivity index (χ3n) is 2.39. The molecule has 0 spiro atoms. The molecule has 1 unspecified atom stereocenters. The highest BCUT2D eigenvalue weighted by Crippen LogP contribution is 2.22. The van der Waals surface area contributed by atoms with Crippen LogP contribution < -0.4 is 11.1 Å². The highest BCUT2D eigenvalue weighted by molar-refractivity contribution is 14.0. The van der Waals surface area contributed by atoms with Crippen LogP contribution in [0.2, 0.25) is 0 Å². The summed E-state index contributed by atoms with van der Waals surface area (Å²) in [6, 6.07) is 1.90. The molecule has 0 aliphatic rings. The fourth-order valence-electron chi connectivity index (χ4n) is 1.27. The second kappa shape index (κ2) is 7.96. The lowest BCUT2D eigenvalue weighted by molar-refractivity contribution is 0.0678. The van der Waals surface area contributed by atoms with Gasteiger partial charge >= 0.3 is 0 Å². The van der Waals surface area contributed by atoms with Crippen molar-refractivity contribution < 1.29 is 5.11 Å². The van der Waals surface area contributed by atoms with Crippen molar-refractivity contribution in [1.29, 1.82) is 0 Å². The van der Waals surface area contributed by atoms with Crippen LogP contribution in [-0.4, -0.2) is 24.2 Å². The summed E-state index contributed by atoms with van der Waals surface area (Å²) in [6.07, 6.45) is 0. The Morgan fingerprint density at radius 3 is 2.78 bits per heavy atom. The van der Waals surface area contributed by atoms with Crippen LogP contribution in [0.3, 0.4) is 0 Å². The highest BCUT2D eigenvalue weighted by atomic mass is 127. The summed E-state index contributed by atoms with van der Waals surface area (Å²) in [7, 11) is 0. The second-order valence-electron chi connectivity index (χ2n) is 4.76. The maximum absolute atomic E-state index is 10.2. The van der Waals surface area contributed by atoms with Gasteiger partial charge in [0.15, 0.2) is 5.96 Å². The molecule has 0 bridgehead atoms. The van der Waals surface area contributed by atoms with Gasteiger partial charge in [-0.15, -0.1) is 24.0 Å². The summed E-state index contributed by atoms with van der Waals surface area (Å²) in [6.45, 7) is 6.99. The molecular weight excluding hydrogens is 361 g/mol. The maximum Gasteiger partial charge on any atom is 0.188 e. The minimum atomic E-state index is -0.954. The Balaban J connectivity index is 0.00000289. The first-order valence-electron chi connectivity index (χ1n) is 5.70. The Morgan fingerprint density at radius 1 is 1.61 bits per heavy atom. The van der Waals surface area contributed by atoms with Crippen molar-refractivity contribution in [1.82, 2.24) is 5.32 Å². The van der Waals surface area contributed by atoms with E-state index in [-0.39, 0.29) is 30.5 Å². The smallest absolute Gasteiger partial charge is 0.188 e. The number of rotatable bonds is 5. The molecule has 104 valence electrons. The van der Waals surface area contributed by atoms with E-state index in [1.54, 1.807) is 18.3 Å². The predicted octanol–water partition coefficient (Wildman–Crippen LogP) is 2.13. The van der Waals surface area contributed by atoms with E-state index in [1.165, 1.54) is 0 Å². The first-order valence-corrected chi connectivity index (χ1v) is 6.65. The Hall–Kier alpha value is -0.340. The van der Waals surface area contributed by atoms with Gasteiger partial charge in [-0.05, 0) is 35.2 Å². The number of nitrogens with zero attached hydrogens (tertiary/aromatic N) is 1. The summed E-state index contributed by atoms with van der Waals surface area (Å²) in [5.41, 5.74) is 5.64. The summed E-state index contributed by atoms with van der Waals surface area (Å²) in [4.78, 5) is 4.16. The molecule has 6 heteroatoms. The molecule has 1 aromatic heterocycles. The predicted molar refractivity (Wildman–Crippen MR) is 88.6 cm³/mol. The number of aliphatic hydroxyl groups is 1. The Bertz CT molecular complexity index is 363. The summed E-state index contributed by atoms with van der Waals surface area (Å²) < 4.78 is 0. The maximum atomic E-state index is 10.2.